The summed E-state index contributed by atoms with van der Waals surface area (Å²) in [5.74, 6) is 1.38. The Bertz CT molecular complexity index is 430. The van der Waals surface area contributed by atoms with Crippen molar-refractivity contribution in [3.8, 4) is 0 Å². The second-order valence-corrected chi connectivity index (χ2v) is 7.08. The topological polar surface area (TPSA) is 52.6 Å². The molecule has 0 aromatic heterocycles. The molecule has 4 bridgehead atoms. The third-order valence-corrected chi connectivity index (χ3v) is 5.23. The fraction of sp³-hybridized carbons (Fsp3) is 0.765. The molecule has 4 aliphatic carbocycles. The van der Waals surface area contributed by atoms with E-state index in [1.54, 1.807) is 6.92 Å². The number of esters is 2. The van der Waals surface area contributed by atoms with Gasteiger partial charge < -0.3 is 9.47 Å². The first-order valence-corrected chi connectivity index (χ1v) is 8.06. The maximum atomic E-state index is 12.2. The van der Waals surface area contributed by atoms with Crippen LogP contribution in [0, 0.1) is 17.8 Å². The van der Waals surface area contributed by atoms with Crippen LogP contribution in [0.25, 0.3) is 0 Å². The molecule has 116 valence electrons. The second kappa shape index (κ2) is 5.47. The summed E-state index contributed by atoms with van der Waals surface area (Å²) in [6, 6.07) is 0. The van der Waals surface area contributed by atoms with E-state index in [1.165, 1.54) is 19.3 Å². The van der Waals surface area contributed by atoms with E-state index in [4.69, 9.17) is 9.47 Å². The van der Waals surface area contributed by atoms with Crippen molar-refractivity contribution < 1.29 is 19.1 Å². The van der Waals surface area contributed by atoms with Crippen molar-refractivity contribution in [3.63, 3.8) is 0 Å². The van der Waals surface area contributed by atoms with E-state index in [9.17, 15) is 9.59 Å². The molecule has 0 atom stereocenters. The first-order chi connectivity index (χ1) is 9.99. The number of carbonyl (C=O) groups excluding carboxylic acids is 2. The van der Waals surface area contributed by atoms with Crippen molar-refractivity contribution in [2.45, 2.75) is 57.5 Å². The summed E-state index contributed by atoms with van der Waals surface area (Å²) in [5.41, 5.74) is -0.0626. The molecular weight excluding hydrogens is 268 g/mol. The van der Waals surface area contributed by atoms with Gasteiger partial charge in [0.15, 0.2) is 0 Å². The highest BCUT2D eigenvalue weighted by molar-refractivity contribution is 5.93. The average molecular weight is 292 g/mol. The Morgan fingerprint density at radius 3 is 2.10 bits per heavy atom. The number of hydrogen-bond acceptors (Lipinski definition) is 4. The van der Waals surface area contributed by atoms with Crippen LogP contribution < -0.4 is 0 Å². The van der Waals surface area contributed by atoms with E-state index in [2.05, 4.69) is 6.58 Å². The zero-order valence-electron chi connectivity index (χ0n) is 12.7. The van der Waals surface area contributed by atoms with Crippen LogP contribution in [0.15, 0.2) is 12.2 Å². The molecule has 4 heteroatoms. The Kier molecular flexibility index (Phi) is 3.80. The molecule has 0 aliphatic heterocycles. The zero-order chi connectivity index (χ0) is 15.0. The Morgan fingerprint density at radius 1 is 1.10 bits per heavy atom. The minimum atomic E-state index is -0.500. The van der Waals surface area contributed by atoms with E-state index < -0.39 is 5.97 Å². The fourth-order valence-electron chi connectivity index (χ4n) is 4.91. The molecule has 4 nitrogen and oxygen atoms in total. The molecule has 0 heterocycles. The van der Waals surface area contributed by atoms with E-state index in [1.807, 2.05) is 0 Å². The Labute approximate surface area is 125 Å². The van der Waals surface area contributed by atoms with Crippen LogP contribution in [0.2, 0.25) is 0 Å². The number of carbonyl (C=O) groups is 2. The monoisotopic (exact) mass is 292 g/mol. The molecule has 0 aromatic rings. The van der Waals surface area contributed by atoms with Crippen LogP contribution in [-0.2, 0) is 19.1 Å². The van der Waals surface area contributed by atoms with E-state index >= 15 is 0 Å². The molecule has 21 heavy (non-hydrogen) atoms. The van der Waals surface area contributed by atoms with Crippen LogP contribution in [0.1, 0.15) is 51.9 Å². The lowest BCUT2D eigenvalue weighted by Gasteiger charge is -2.55. The molecule has 4 aliphatic rings. The van der Waals surface area contributed by atoms with Crippen LogP contribution in [-0.4, -0.2) is 24.1 Å². The van der Waals surface area contributed by atoms with Crippen LogP contribution in [0.5, 0.6) is 0 Å². The molecule has 0 saturated heterocycles. The highest BCUT2D eigenvalue weighted by Crippen LogP contribution is 2.57. The van der Waals surface area contributed by atoms with Crippen molar-refractivity contribution >= 4 is 11.9 Å². The van der Waals surface area contributed by atoms with Gasteiger partial charge >= 0.3 is 11.9 Å². The van der Waals surface area contributed by atoms with Crippen molar-refractivity contribution in [2.75, 3.05) is 6.61 Å². The zero-order valence-corrected chi connectivity index (χ0v) is 12.7. The molecule has 4 fully saturated rings. The van der Waals surface area contributed by atoms with Crippen LogP contribution >= 0.6 is 0 Å². The summed E-state index contributed by atoms with van der Waals surface area (Å²) in [5, 5.41) is 0. The first kappa shape index (κ1) is 14.6. The predicted molar refractivity (Wildman–Crippen MR) is 77.4 cm³/mol. The maximum absolute atomic E-state index is 12.2. The molecule has 4 saturated carbocycles. The van der Waals surface area contributed by atoms with Gasteiger partial charge in [-0.15, -0.1) is 0 Å². The van der Waals surface area contributed by atoms with E-state index in [0.717, 1.165) is 37.0 Å². The predicted octanol–water partition coefficient (Wildman–Crippen LogP) is 3.01. The smallest absolute Gasteiger partial charge is 0.333 e. The quantitative estimate of drug-likeness (QED) is 0.577. The summed E-state index contributed by atoms with van der Waals surface area (Å²) in [6.45, 7) is 5.66. The van der Waals surface area contributed by atoms with E-state index in [0.29, 0.717) is 6.61 Å². The largest absolute Gasteiger partial charge is 0.463 e. The van der Waals surface area contributed by atoms with Crippen LogP contribution in [0.4, 0.5) is 0 Å². The van der Waals surface area contributed by atoms with Gasteiger partial charge in [-0.2, -0.15) is 0 Å². The third-order valence-electron chi connectivity index (χ3n) is 5.23. The van der Waals surface area contributed by atoms with Gasteiger partial charge in [0.25, 0.3) is 0 Å². The summed E-state index contributed by atoms with van der Waals surface area (Å²) >= 11 is 0. The molecule has 0 N–H and O–H groups in total. The average Bonchev–Trinajstić information content (AvgIpc) is 2.36. The lowest BCUT2D eigenvalue weighted by molar-refractivity contribution is -0.186. The Morgan fingerprint density at radius 2 is 1.62 bits per heavy atom. The standard InChI is InChI=1S/C17H24O4/c1-3-20-16(19)11(2)4-15(18)21-17-8-12-5-13(9-17)7-14(6-12)10-17/h12-14H,2-10H2,1H3. The lowest BCUT2D eigenvalue weighted by atomic mass is 9.54. The SMILES string of the molecule is C=C(CC(=O)OC12CC3CC(CC(C3)C1)C2)C(=O)OCC. The molecule has 4 rings (SSSR count). The van der Waals surface area contributed by atoms with Crippen LogP contribution in [0.3, 0.4) is 0 Å². The van der Waals surface area contributed by atoms with Crippen molar-refractivity contribution in [1.29, 1.82) is 0 Å². The number of hydrogen-bond donors (Lipinski definition) is 0. The van der Waals surface area contributed by atoms with Gasteiger partial charge in [0.05, 0.1) is 13.0 Å². The summed E-state index contributed by atoms with van der Waals surface area (Å²) in [4.78, 5) is 23.7. The summed E-state index contributed by atoms with van der Waals surface area (Å²) in [6.07, 6.45) is 6.91. The molecule has 0 aromatic carbocycles. The molecule has 0 spiro atoms. The summed E-state index contributed by atoms with van der Waals surface area (Å²) < 4.78 is 10.7. The molecule has 0 amide bonds. The third kappa shape index (κ3) is 2.99. The van der Waals surface area contributed by atoms with Crippen molar-refractivity contribution in [1.82, 2.24) is 0 Å². The first-order valence-electron chi connectivity index (χ1n) is 8.06. The minimum absolute atomic E-state index is 0.0550. The van der Waals surface area contributed by atoms with Gasteiger partial charge in [0.2, 0.25) is 0 Å². The molecule has 0 radical (unpaired) electrons. The Hall–Kier alpha value is -1.32. The molecular formula is C17H24O4. The summed E-state index contributed by atoms with van der Waals surface area (Å²) in [7, 11) is 0. The molecule has 0 unspecified atom stereocenters. The van der Waals surface area contributed by atoms with Gasteiger partial charge in [-0.05, 0) is 63.2 Å². The highest BCUT2D eigenvalue weighted by atomic mass is 16.6. The normalized spacial score (nSPS) is 36.3. The van der Waals surface area contributed by atoms with Crippen molar-refractivity contribution in [3.05, 3.63) is 12.2 Å². The lowest BCUT2D eigenvalue weighted by Crippen LogP contribution is -2.52. The van der Waals surface area contributed by atoms with Gasteiger partial charge in [0, 0.05) is 5.57 Å². The van der Waals surface area contributed by atoms with Gasteiger partial charge in [-0.1, -0.05) is 6.58 Å². The van der Waals surface area contributed by atoms with Crippen molar-refractivity contribution in [2.24, 2.45) is 17.8 Å². The maximum Gasteiger partial charge on any atom is 0.333 e. The minimum Gasteiger partial charge on any atom is -0.463 e. The highest BCUT2D eigenvalue weighted by Gasteiger charge is 2.53. The van der Waals surface area contributed by atoms with Gasteiger partial charge in [0.1, 0.15) is 5.60 Å². The number of ether oxygens (including phenoxy) is 2. The number of rotatable bonds is 5. The fourth-order valence-corrected chi connectivity index (χ4v) is 4.91. The second-order valence-electron chi connectivity index (χ2n) is 7.08. The van der Waals surface area contributed by atoms with E-state index in [-0.39, 0.29) is 23.6 Å². The van der Waals surface area contributed by atoms with Gasteiger partial charge in [-0.25, -0.2) is 4.79 Å². The van der Waals surface area contributed by atoms with Gasteiger partial charge in [-0.3, -0.25) is 4.79 Å². The Balaban J connectivity index is 1.58.